The predicted molar refractivity (Wildman–Crippen MR) is 252 cm³/mol. The van der Waals surface area contributed by atoms with E-state index in [9.17, 15) is 0 Å². The minimum Gasteiger partial charge on any atom is -0.454 e. The first-order chi connectivity index (χ1) is 30.7. The van der Waals surface area contributed by atoms with E-state index < -0.39 is 0 Å². The van der Waals surface area contributed by atoms with Gasteiger partial charge in [0.1, 0.15) is 5.58 Å². The van der Waals surface area contributed by atoms with E-state index in [2.05, 4.69) is 156 Å². The molecule has 0 unspecified atom stereocenters. The molecule has 6 heteroatoms. The fourth-order valence-electron chi connectivity index (χ4n) is 8.79. The molecule has 12 aromatic rings. The zero-order valence-corrected chi connectivity index (χ0v) is 33.4. The van der Waals surface area contributed by atoms with Crippen molar-refractivity contribution >= 4 is 43.7 Å². The zero-order valence-electron chi connectivity index (χ0n) is 33.4. The highest BCUT2D eigenvalue weighted by Crippen LogP contribution is 2.39. The lowest BCUT2D eigenvalue weighted by atomic mass is 9.99. The molecule has 0 fully saturated rings. The lowest BCUT2D eigenvalue weighted by Crippen LogP contribution is -2.01. The molecule has 290 valence electrons. The van der Waals surface area contributed by atoms with Gasteiger partial charge in [-0.3, -0.25) is 0 Å². The van der Waals surface area contributed by atoms with Gasteiger partial charge in [-0.25, -0.2) is 19.9 Å². The second-order valence-electron chi connectivity index (χ2n) is 15.4. The van der Waals surface area contributed by atoms with Gasteiger partial charge in [-0.2, -0.15) is 0 Å². The van der Waals surface area contributed by atoms with Crippen molar-refractivity contribution in [3.63, 3.8) is 0 Å². The maximum atomic E-state index is 6.40. The summed E-state index contributed by atoms with van der Waals surface area (Å²) in [4.78, 5) is 20.0. The molecule has 62 heavy (non-hydrogen) atoms. The number of nitrogens with zero attached hydrogens (tertiary/aromatic N) is 5. The van der Waals surface area contributed by atoms with Gasteiger partial charge in [0, 0.05) is 44.6 Å². The minimum atomic E-state index is 0.445. The van der Waals surface area contributed by atoms with E-state index in [1.54, 1.807) is 6.20 Å². The first-order valence-electron chi connectivity index (χ1n) is 20.7. The van der Waals surface area contributed by atoms with Crippen LogP contribution in [0.1, 0.15) is 0 Å². The van der Waals surface area contributed by atoms with E-state index in [1.165, 1.54) is 32.9 Å². The van der Waals surface area contributed by atoms with Crippen molar-refractivity contribution in [1.29, 1.82) is 0 Å². The monoisotopic (exact) mass is 793 g/mol. The molecule has 0 aliphatic carbocycles. The Morgan fingerprint density at radius 1 is 0.371 bits per heavy atom. The highest BCUT2D eigenvalue weighted by atomic mass is 16.3. The Kier molecular flexibility index (Phi) is 8.38. The summed E-state index contributed by atoms with van der Waals surface area (Å²) < 4.78 is 8.78. The zero-order chi connectivity index (χ0) is 41.0. The first-order valence-corrected chi connectivity index (χ1v) is 20.7. The molecular weight excluding hydrogens is 759 g/mol. The van der Waals surface area contributed by atoms with E-state index in [0.29, 0.717) is 28.8 Å². The molecule has 0 bridgehead atoms. The van der Waals surface area contributed by atoms with Crippen LogP contribution in [0.15, 0.2) is 217 Å². The van der Waals surface area contributed by atoms with Crippen molar-refractivity contribution in [1.82, 2.24) is 24.5 Å². The van der Waals surface area contributed by atoms with Crippen LogP contribution < -0.4 is 0 Å². The summed E-state index contributed by atoms with van der Waals surface area (Å²) in [6.07, 6.45) is 1.79. The SMILES string of the molecule is c1ccc(-c2cccc(-c3nc(-c4ccc(-c5ccc(-n6c7ccccc7c7c(-c8ccccc8)cccc76)cc5)cc4)nc(-c4nccc5c4oc4ccccc45)n3)c2)cc1. The maximum Gasteiger partial charge on any atom is 0.186 e. The Labute approximate surface area is 357 Å². The summed E-state index contributed by atoms with van der Waals surface area (Å²) in [5.41, 5.74) is 14.1. The molecule has 0 saturated heterocycles. The maximum absolute atomic E-state index is 6.40. The molecule has 12 rings (SSSR count). The van der Waals surface area contributed by atoms with Gasteiger partial charge in [0.05, 0.1) is 11.0 Å². The van der Waals surface area contributed by atoms with E-state index >= 15 is 0 Å². The van der Waals surface area contributed by atoms with Crippen LogP contribution in [0.25, 0.3) is 117 Å². The van der Waals surface area contributed by atoms with Crippen LogP contribution >= 0.6 is 0 Å². The molecular formula is C56H35N5O. The molecule has 0 spiro atoms. The van der Waals surface area contributed by atoms with Crippen molar-refractivity contribution in [2.45, 2.75) is 0 Å². The third-order valence-corrected chi connectivity index (χ3v) is 11.8. The third-order valence-electron chi connectivity index (χ3n) is 11.8. The Balaban J connectivity index is 0.931. The number of hydrogen-bond donors (Lipinski definition) is 0. The van der Waals surface area contributed by atoms with Crippen LogP contribution in [0.5, 0.6) is 0 Å². The fourth-order valence-corrected chi connectivity index (χ4v) is 8.79. The second-order valence-corrected chi connectivity index (χ2v) is 15.4. The number of hydrogen-bond acceptors (Lipinski definition) is 5. The number of benzene rings is 8. The number of aromatic nitrogens is 5. The van der Waals surface area contributed by atoms with Gasteiger partial charge >= 0.3 is 0 Å². The Morgan fingerprint density at radius 3 is 1.73 bits per heavy atom. The molecule has 0 radical (unpaired) electrons. The second kappa shape index (κ2) is 14.7. The molecule has 0 atom stereocenters. The number of pyridine rings is 1. The molecule has 8 aromatic carbocycles. The minimum absolute atomic E-state index is 0.445. The first kappa shape index (κ1) is 35.5. The van der Waals surface area contributed by atoms with Gasteiger partial charge < -0.3 is 8.98 Å². The molecule has 0 N–H and O–H groups in total. The average molecular weight is 794 g/mol. The number of para-hydroxylation sites is 2. The molecule has 0 aliphatic heterocycles. The standard InChI is InChI=1S/C56H35N5O/c1-3-13-36(14-4-1)41-17-11-18-42(35-41)55-58-54(59-56(60-55)52-53-46(33-34-57-52)45-19-8-10-24-50(45)62-53)40-27-25-37(26-28-40)38-29-31-43(32-30-38)61-48-22-9-7-20-47(48)51-44(21-12-23-49(51)61)39-15-5-2-6-16-39/h1-35H. The van der Waals surface area contributed by atoms with Crippen LogP contribution in [-0.4, -0.2) is 24.5 Å². The highest BCUT2D eigenvalue weighted by molar-refractivity contribution is 6.15. The van der Waals surface area contributed by atoms with Gasteiger partial charge in [-0.1, -0.05) is 164 Å². The predicted octanol–water partition coefficient (Wildman–Crippen LogP) is 14.3. The normalized spacial score (nSPS) is 11.5. The summed E-state index contributed by atoms with van der Waals surface area (Å²) in [5.74, 6) is 1.55. The van der Waals surface area contributed by atoms with Gasteiger partial charge in [0.25, 0.3) is 0 Å². The summed E-state index contributed by atoms with van der Waals surface area (Å²) in [7, 11) is 0. The van der Waals surface area contributed by atoms with Gasteiger partial charge in [-0.05, 0) is 75.8 Å². The molecule has 4 heterocycles. The third kappa shape index (κ3) is 6.04. The summed E-state index contributed by atoms with van der Waals surface area (Å²) in [6.45, 7) is 0. The summed E-state index contributed by atoms with van der Waals surface area (Å²) in [6, 6.07) is 71.8. The lowest BCUT2D eigenvalue weighted by Gasteiger charge is -2.11. The smallest absolute Gasteiger partial charge is 0.186 e. The Hall–Kier alpha value is -8.48. The van der Waals surface area contributed by atoms with Crippen molar-refractivity contribution in [2.75, 3.05) is 0 Å². The molecule has 0 amide bonds. The molecule has 0 aliphatic rings. The van der Waals surface area contributed by atoms with Crippen LogP contribution in [0.2, 0.25) is 0 Å². The highest BCUT2D eigenvalue weighted by Gasteiger charge is 2.20. The van der Waals surface area contributed by atoms with Gasteiger partial charge in [-0.15, -0.1) is 0 Å². The van der Waals surface area contributed by atoms with Crippen LogP contribution in [0.3, 0.4) is 0 Å². The number of rotatable bonds is 7. The van der Waals surface area contributed by atoms with E-state index in [0.717, 1.165) is 55.4 Å². The lowest BCUT2D eigenvalue weighted by molar-refractivity contribution is 0.667. The van der Waals surface area contributed by atoms with Crippen molar-refractivity contribution < 1.29 is 4.42 Å². The Morgan fingerprint density at radius 2 is 0.935 bits per heavy atom. The van der Waals surface area contributed by atoms with Crippen LogP contribution in [0, 0.1) is 0 Å². The van der Waals surface area contributed by atoms with E-state index in [-0.39, 0.29) is 0 Å². The van der Waals surface area contributed by atoms with Crippen molar-refractivity contribution in [2.24, 2.45) is 0 Å². The van der Waals surface area contributed by atoms with Crippen LogP contribution in [0.4, 0.5) is 0 Å². The van der Waals surface area contributed by atoms with Crippen molar-refractivity contribution in [3.8, 4) is 73.4 Å². The van der Waals surface area contributed by atoms with Gasteiger partial charge in [0.15, 0.2) is 28.8 Å². The van der Waals surface area contributed by atoms with Crippen LogP contribution in [-0.2, 0) is 0 Å². The quantitative estimate of drug-likeness (QED) is 0.161. The van der Waals surface area contributed by atoms with Crippen molar-refractivity contribution in [3.05, 3.63) is 212 Å². The summed E-state index contributed by atoms with van der Waals surface area (Å²) >= 11 is 0. The topological polar surface area (TPSA) is 69.6 Å². The Bertz CT molecular complexity index is 3610. The molecule has 0 saturated carbocycles. The van der Waals surface area contributed by atoms with E-state index in [4.69, 9.17) is 24.4 Å². The van der Waals surface area contributed by atoms with Gasteiger partial charge in [0.2, 0.25) is 0 Å². The molecule has 6 nitrogen and oxygen atoms in total. The van der Waals surface area contributed by atoms with E-state index in [1.807, 2.05) is 54.6 Å². The summed E-state index contributed by atoms with van der Waals surface area (Å²) in [5, 5.41) is 4.48. The molecule has 4 aromatic heterocycles. The fraction of sp³-hybridized carbons (Fsp3) is 0. The average Bonchev–Trinajstić information content (AvgIpc) is 3.91. The largest absolute Gasteiger partial charge is 0.454 e. The number of fused-ring (bicyclic) bond motifs is 6. The number of furan rings is 1.